The Labute approximate surface area is 104 Å². The van der Waals surface area contributed by atoms with Crippen LogP contribution in [0.15, 0.2) is 41.4 Å². The van der Waals surface area contributed by atoms with Gasteiger partial charge in [0.1, 0.15) is 0 Å². The quantitative estimate of drug-likeness (QED) is 0.533. The highest BCUT2D eigenvalue weighted by atomic mass is 16.2. The zero-order valence-electron chi connectivity index (χ0n) is 9.63. The summed E-state index contributed by atoms with van der Waals surface area (Å²) in [6.07, 6.45) is 0. The number of para-hydroxylation sites is 1. The molecule has 2 aromatic rings. The minimum absolute atomic E-state index is 0.265. The maximum absolute atomic E-state index is 11.2. The number of aliphatic imine (C=N–C) groups is 1. The van der Waals surface area contributed by atoms with E-state index in [1.54, 1.807) is 0 Å². The first-order chi connectivity index (χ1) is 8.65. The molecule has 1 aromatic heterocycles. The predicted molar refractivity (Wildman–Crippen MR) is 69.8 cm³/mol. The minimum atomic E-state index is -0.579. The lowest BCUT2D eigenvalue weighted by atomic mass is 10.2. The number of fused-ring (bicyclic) bond motifs is 1. The number of carbonyl (C=O) groups is 1. The molecule has 92 valence electrons. The Morgan fingerprint density at radius 3 is 2.78 bits per heavy atom. The van der Waals surface area contributed by atoms with Gasteiger partial charge >= 0.3 is 6.03 Å². The molecule has 0 fully saturated rings. The van der Waals surface area contributed by atoms with Gasteiger partial charge in [-0.3, -0.25) is 4.98 Å². The highest BCUT2D eigenvalue weighted by Crippen LogP contribution is 2.11. The van der Waals surface area contributed by atoms with Gasteiger partial charge in [0, 0.05) is 5.39 Å². The van der Waals surface area contributed by atoms with Crippen molar-refractivity contribution in [3.63, 3.8) is 0 Å². The Balaban J connectivity index is 2.08. The van der Waals surface area contributed by atoms with E-state index in [0.29, 0.717) is 0 Å². The van der Waals surface area contributed by atoms with Crippen LogP contribution in [0, 0.1) is 0 Å². The summed E-state index contributed by atoms with van der Waals surface area (Å²) in [5.74, 6) is -0.265. The molecule has 0 unspecified atom stereocenters. The number of guanidine groups is 1. The van der Waals surface area contributed by atoms with Crippen LogP contribution in [0.2, 0.25) is 0 Å². The van der Waals surface area contributed by atoms with E-state index >= 15 is 0 Å². The average molecular weight is 243 g/mol. The molecule has 2 amide bonds. The molecule has 18 heavy (non-hydrogen) atoms. The summed E-state index contributed by atoms with van der Waals surface area (Å²) in [6, 6.07) is 11.0. The van der Waals surface area contributed by atoms with Crippen LogP contribution in [0.4, 0.5) is 4.79 Å². The van der Waals surface area contributed by atoms with Crippen LogP contribution in [0.25, 0.3) is 10.9 Å². The van der Waals surface area contributed by atoms with Crippen molar-refractivity contribution in [1.29, 1.82) is 0 Å². The Bertz CT molecular complexity index is 604. The third-order valence-corrected chi connectivity index (χ3v) is 2.31. The first kappa shape index (κ1) is 11.8. The van der Waals surface area contributed by atoms with Crippen molar-refractivity contribution in [2.45, 2.75) is 6.54 Å². The largest absolute Gasteiger partial charge is 0.370 e. The van der Waals surface area contributed by atoms with E-state index in [2.05, 4.69) is 15.3 Å². The van der Waals surface area contributed by atoms with Gasteiger partial charge in [0.25, 0.3) is 0 Å². The third-order valence-electron chi connectivity index (χ3n) is 2.31. The fourth-order valence-corrected chi connectivity index (χ4v) is 1.53. The lowest BCUT2D eigenvalue weighted by molar-refractivity contribution is 0.249. The smallest absolute Gasteiger partial charge is 0.344 e. The topological polar surface area (TPSA) is 106 Å². The van der Waals surface area contributed by atoms with Crippen LogP contribution < -0.4 is 16.8 Å². The van der Waals surface area contributed by atoms with Crippen molar-refractivity contribution >= 4 is 22.9 Å². The zero-order chi connectivity index (χ0) is 13.0. The summed E-state index contributed by atoms with van der Waals surface area (Å²) < 4.78 is 0. The third kappa shape index (κ3) is 2.94. The van der Waals surface area contributed by atoms with Crippen molar-refractivity contribution in [3.05, 3.63) is 42.1 Å². The van der Waals surface area contributed by atoms with Crippen LogP contribution in [0.1, 0.15) is 5.69 Å². The molecule has 2 rings (SSSR count). The second kappa shape index (κ2) is 5.13. The predicted octanol–water partition coefficient (Wildman–Crippen LogP) is 0.718. The van der Waals surface area contributed by atoms with Crippen LogP contribution in [-0.4, -0.2) is 17.0 Å². The number of carbonyl (C=O) groups excluding carboxylic acids is 1. The van der Waals surface area contributed by atoms with Crippen LogP contribution >= 0.6 is 0 Å². The summed E-state index contributed by atoms with van der Waals surface area (Å²) in [6.45, 7) is 0.278. The van der Waals surface area contributed by atoms with Crippen LogP contribution in [0.5, 0.6) is 0 Å². The summed E-state index contributed by atoms with van der Waals surface area (Å²) >= 11 is 0. The van der Waals surface area contributed by atoms with E-state index < -0.39 is 6.03 Å². The molecule has 6 heteroatoms. The first-order valence-electron chi connectivity index (χ1n) is 5.37. The van der Waals surface area contributed by atoms with Gasteiger partial charge in [-0.05, 0) is 12.1 Å². The molecule has 1 heterocycles. The summed E-state index contributed by atoms with van der Waals surface area (Å²) in [7, 11) is 0. The second-order valence-electron chi connectivity index (χ2n) is 3.69. The van der Waals surface area contributed by atoms with Gasteiger partial charge in [-0.15, -0.1) is 0 Å². The molecule has 0 saturated heterocycles. The molecule has 0 aliphatic rings. The number of pyridine rings is 1. The lowest BCUT2D eigenvalue weighted by Crippen LogP contribution is -2.28. The van der Waals surface area contributed by atoms with Crippen molar-refractivity contribution in [3.8, 4) is 0 Å². The van der Waals surface area contributed by atoms with E-state index in [-0.39, 0.29) is 12.5 Å². The second-order valence-corrected chi connectivity index (χ2v) is 3.69. The highest BCUT2D eigenvalue weighted by Gasteiger charge is 2.01. The molecule has 0 atom stereocenters. The van der Waals surface area contributed by atoms with Gasteiger partial charge in [0.05, 0.1) is 17.8 Å². The average Bonchev–Trinajstić information content (AvgIpc) is 2.35. The molecule has 0 spiro atoms. The molecule has 0 aliphatic carbocycles. The number of nitrogens with two attached hydrogens (primary N) is 2. The van der Waals surface area contributed by atoms with E-state index in [0.717, 1.165) is 16.6 Å². The maximum atomic E-state index is 11.2. The van der Waals surface area contributed by atoms with Gasteiger partial charge in [0.2, 0.25) is 0 Å². The van der Waals surface area contributed by atoms with Gasteiger partial charge in [0.15, 0.2) is 5.96 Å². The number of hydrogen-bond donors (Lipinski definition) is 3. The molecular formula is C12H13N5O. The number of urea groups is 1. The highest BCUT2D eigenvalue weighted by molar-refractivity contribution is 5.90. The molecule has 0 radical (unpaired) electrons. The van der Waals surface area contributed by atoms with Crippen LogP contribution in [-0.2, 0) is 6.54 Å². The fraction of sp³-hybridized carbons (Fsp3) is 0.0833. The summed E-state index contributed by atoms with van der Waals surface area (Å²) in [4.78, 5) is 19.0. The number of amides is 2. The molecule has 0 aliphatic heterocycles. The Morgan fingerprint density at radius 1 is 1.22 bits per heavy atom. The number of hydrogen-bond acceptors (Lipinski definition) is 2. The van der Waals surface area contributed by atoms with Gasteiger partial charge < -0.3 is 16.8 Å². The molecule has 1 aromatic carbocycles. The number of benzene rings is 1. The Morgan fingerprint density at radius 2 is 2.00 bits per heavy atom. The Kier molecular flexibility index (Phi) is 3.38. The molecule has 0 bridgehead atoms. The van der Waals surface area contributed by atoms with Crippen molar-refractivity contribution in [2.75, 3.05) is 0 Å². The zero-order valence-corrected chi connectivity index (χ0v) is 9.63. The van der Waals surface area contributed by atoms with Gasteiger partial charge in [-0.1, -0.05) is 24.3 Å². The lowest BCUT2D eigenvalue weighted by Gasteiger charge is -2.03. The maximum Gasteiger partial charge on any atom is 0.344 e. The van der Waals surface area contributed by atoms with E-state index in [9.17, 15) is 4.79 Å². The normalized spacial score (nSPS) is 10.0. The van der Waals surface area contributed by atoms with Crippen molar-refractivity contribution < 1.29 is 4.79 Å². The van der Waals surface area contributed by atoms with E-state index in [1.165, 1.54) is 0 Å². The number of aromatic nitrogens is 1. The molecular weight excluding hydrogens is 230 g/mol. The SMILES string of the molecule is NC(N)=NC(=O)NCc1ccc2ccccc2n1. The first-order valence-corrected chi connectivity index (χ1v) is 5.37. The van der Waals surface area contributed by atoms with E-state index in [1.807, 2.05) is 36.4 Å². The van der Waals surface area contributed by atoms with Gasteiger partial charge in [-0.25, -0.2) is 4.79 Å². The molecule has 6 nitrogen and oxygen atoms in total. The monoisotopic (exact) mass is 243 g/mol. The van der Waals surface area contributed by atoms with Crippen LogP contribution in [0.3, 0.4) is 0 Å². The molecule has 0 saturated carbocycles. The molecule has 5 N–H and O–H groups in total. The van der Waals surface area contributed by atoms with E-state index in [4.69, 9.17) is 11.5 Å². The summed E-state index contributed by atoms with van der Waals surface area (Å²) in [5.41, 5.74) is 11.8. The van der Waals surface area contributed by atoms with Gasteiger partial charge in [-0.2, -0.15) is 4.99 Å². The van der Waals surface area contributed by atoms with Crippen molar-refractivity contribution in [1.82, 2.24) is 10.3 Å². The standard InChI is InChI=1S/C12H13N5O/c13-11(14)17-12(18)15-7-9-6-5-8-3-1-2-4-10(8)16-9/h1-6H,7H2,(H5,13,14,15,17,18). The number of rotatable bonds is 2. The fourth-order valence-electron chi connectivity index (χ4n) is 1.53. The number of nitrogens with one attached hydrogen (secondary N) is 1. The van der Waals surface area contributed by atoms with Crippen molar-refractivity contribution in [2.24, 2.45) is 16.5 Å². The number of nitrogens with zero attached hydrogens (tertiary/aromatic N) is 2. The summed E-state index contributed by atoms with van der Waals surface area (Å²) in [5, 5.41) is 3.60. The minimum Gasteiger partial charge on any atom is -0.370 e. The Hall–Kier alpha value is -2.63.